The van der Waals surface area contributed by atoms with Crippen LogP contribution in [0.1, 0.15) is 44.1 Å². The van der Waals surface area contributed by atoms with Crippen molar-refractivity contribution in [2.45, 2.75) is 51.1 Å². The van der Waals surface area contributed by atoms with E-state index in [0.717, 1.165) is 31.2 Å². The van der Waals surface area contributed by atoms with E-state index in [1.54, 1.807) is 4.90 Å². The highest BCUT2D eigenvalue weighted by Gasteiger charge is 2.38. The molecule has 0 aromatic heterocycles. The molecule has 4 rings (SSSR count). The number of amides is 2. The lowest BCUT2D eigenvalue weighted by atomic mass is 9.87. The summed E-state index contributed by atoms with van der Waals surface area (Å²) < 4.78 is 10.7. The summed E-state index contributed by atoms with van der Waals surface area (Å²) in [5.74, 6) is 1.24. The first-order valence-corrected chi connectivity index (χ1v) is 9.67. The molecule has 0 spiro atoms. The number of aliphatic hydroxyl groups is 1. The van der Waals surface area contributed by atoms with E-state index in [9.17, 15) is 14.7 Å². The first kappa shape index (κ1) is 18.1. The molecule has 7 nitrogen and oxygen atoms in total. The highest BCUT2D eigenvalue weighted by atomic mass is 16.7. The number of aliphatic hydroxyl groups excluding tert-OH is 1. The lowest BCUT2D eigenvalue weighted by Crippen LogP contribution is -2.47. The molecular weight excluding hydrogens is 348 g/mol. The zero-order valence-corrected chi connectivity index (χ0v) is 15.4. The molecular formula is C20H26N2O5. The zero-order valence-electron chi connectivity index (χ0n) is 15.4. The van der Waals surface area contributed by atoms with Gasteiger partial charge in [0.2, 0.25) is 18.6 Å². The van der Waals surface area contributed by atoms with Crippen molar-refractivity contribution in [3.8, 4) is 11.5 Å². The van der Waals surface area contributed by atoms with Crippen molar-refractivity contribution in [1.82, 2.24) is 10.2 Å². The normalized spacial score (nSPS) is 23.1. The van der Waals surface area contributed by atoms with Gasteiger partial charge >= 0.3 is 0 Å². The molecule has 2 fully saturated rings. The summed E-state index contributed by atoms with van der Waals surface area (Å²) in [5, 5.41) is 12.7. The van der Waals surface area contributed by atoms with Crippen LogP contribution in [-0.4, -0.2) is 47.8 Å². The molecule has 1 aliphatic carbocycles. The van der Waals surface area contributed by atoms with Gasteiger partial charge < -0.3 is 24.8 Å². The van der Waals surface area contributed by atoms with Crippen LogP contribution in [-0.2, 0) is 16.1 Å². The number of nitrogens with zero attached hydrogens (tertiary/aromatic N) is 1. The molecule has 2 aliphatic heterocycles. The van der Waals surface area contributed by atoms with Crippen LogP contribution in [0.2, 0.25) is 0 Å². The lowest BCUT2D eigenvalue weighted by Gasteiger charge is -2.29. The number of hydrogen-bond donors (Lipinski definition) is 2. The predicted octanol–water partition coefficient (Wildman–Crippen LogP) is 1.58. The average molecular weight is 374 g/mol. The third kappa shape index (κ3) is 3.60. The van der Waals surface area contributed by atoms with Crippen LogP contribution in [0.15, 0.2) is 18.2 Å². The Hall–Kier alpha value is -2.28. The van der Waals surface area contributed by atoms with Crippen molar-refractivity contribution in [1.29, 1.82) is 0 Å². The molecule has 3 aliphatic rings. The zero-order chi connectivity index (χ0) is 18.9. The molecule has 0 radical (unpaired) electrons. The molecule has 2 N–H and O–H groups in total. The van der Waals surface area contributed by atoms with Crippen molar-refractivity contribution in [3.05, 3.63) is 23.8 Å². The van der Waals surface area contributed by atoms with E-state index in [-0.39, 0.29) is 30.6 Å². The van der Waals surface area contributed by atoms with Crippen molar-refractivity contribution >= 4 is 11.8 Å². The Morgan fingerprint density at radius 1 is 1.26 bits per heavy atom. The molecule has 1 aromatic rings. The van der Waals surface area contributed by atoms with E-state index >= 15 is 0 Å². The second kappa shape index (κ2) is 7.38. The lowest BCUT2D eigenvalue weighted by molar-refractivity contribution is -0.136. The van der Waals surface area contributed by atoms with Gasteiger partial charge in [-0.1, -0.05) is 18.9 Å². The van der Waals surface area contributed by atoms with Gasteiger partial charge in [0.05, 0.1) is 6.61 Å². The Morgan fingerprint density at radius 3 is 2.81 bits per heavy atom. The number of benzene rings is 1. The Kier molecular flexibility index (Phi) is 4.95. The maximum Gasteiger partial charge on any atom is 0.242 e. The molecule has 1 saturated carbocycles. The number of carbonyl (C=O) groups excluding carboxylic acids is 2. The predicted molar refractivity (Wildman–Crippen MR) is 97.1 cm³/mol. The molecule has 0 bridgehead atoms. The van der Waals surface area contributed by atoms with Gasteiger partial charge in [-0.15, -0.1) is 0 Å². The Labute approximate surface area is 158 Å². The summed E-state index contributed by atoms with van der Waals surface area (Å²) in [6.07, 6.45) is 4.97. The smallest absolute Gasteiger partial charge is 0.242 e. The average Bonchev–Trinajstić information content (AvgIpc) is 3.41. The van der Waals surface area contributed by atoms with Gasteiger partial charge in [0, 0.05) is 24.9 Å². The number of likely N-dealkylation sites (tertiary alicyclic amines) is 1. The highest BCUT2D eigenvalue weighted by Crippen LogP contribution is 2.37. The quantitative estimate of drug-likeness (QED) is 0.789. The second-order valence-electron chi connectivity index (χ2n) is 7.85. The Balaban J connectivity index is 1.41. The van der Waals surface area contributed by atoms with Gasteiger partial charge in [0.1, 0.15) is 6.04 Å². The molecule has 27 heavy (non-hydrogen) atoms. The van der Waals surface area contributed by atoms with Crippen LogP contribution in [0.25, 0.3) is 0 Å². The molecule has 7 heteroatoms. The molecule has 1 aromatic carbocycles. The van der Waals surface area contributed by atoms with Crippen LogP contribution in [0.3, 0.4) is 0 Å². The summed E-state index contributed by atoms with van der Waals surface area (Å²) in [7, 11) is 0. The van der Waals surface area contributed by atoms with E-state index in [2.05, 4.69) is 5.32 Å². The van der Waals surface area contributed by atoms with Crippen LogP contribution >= 0.6 is 0 Å². The fourth-order valence-corrected chi connectivity index (χ4v) is 4.35. The molecule has 2 heterocycles. The Morgan fingerprint density at radius 2 is 2.04 bits per heavy atom. The number of rotatable bonds is 6. The molecule has 2 amide bonds. The first-order valence-electron chi connectivity index (χ1n) is 9.67. The monoisotopic (exact) mass is 374 g/mol. The van der Waals surface area contributed by atoms with E-state index < -0.39 is 6.04 Å². The van der Waals surface area contributed by atoms with E-state index in [1.165, 1.54) is 0 Å². The molecule has 146 valence electrons. The fraction of sp³-hybridized carbons (Fsp3) is 0.600. The minimum absolute atomic E-state index is 0.00875. The van der Waals surface area contributed by atoms with Crippen LogP contribution in [0.4, 0.5) is 0 Å². The number of ether oxygens (including phenoxy) is 2. The summed E-state index contributed by atoms with van der Waals surface area (Å²) in [4.78, 5) is 26.8. The molecule has 1 saturated heterocycles. The minimum Gasteiger partial charge on any atom is -0.454 e. The van der Waals surface area contributed by atoms with Crippen molar-refractivity contribution < 1.29 is 24.2 Å². The summed E-state index contributed by atoms with van der Waals surface area (Å²) in [6, 6.07) is 5.13. The Bertz CT molecular complexity index is 729. The van der Waals surface area contributed by atoms with Crippen molar-refractivity contribution in [2.24, 2.45) is 5.41 Å². The van der Waals surface area contributed by atoms with Gasteiger partial charge in [0.15, 0.2) is 11.5 Å². The van der Waals surface area contributed by atoms with Crippen molar-refractivity contribution in [2.75, 3.05) is 19.9 Å². The third-order valence-electron chi connectivity index (χ3n) is 6.06. The highest BCUT2D eigenvalue weighted by molar-refractivity contribution is 5.90. The molecule has 1 atom stereocenters. The largest absolute Gasteiger partial charge is 0.454 e. The number of nitrogens with one attached hydrogen (secondary N) is 1. The SMILES string of the molecule is O=C(NCC1(CO)CCCC1)C1CCC(=O)N1Cc1ccc2c(c1)OCO2. The third-order valence-corrected chi connectivity index (χ3v) is 6.06. The number of hydrogen-bond acceptors (Lipinski definition) is 5. The number of carbonyl (C=O) groups is 2. The van der Waals surface area contributed by atoms with Crippen LogP contribution in [0.5, 0.6) is 11.5 Å². The fourth-order valence-electron chi connectivity index (χ4n) is 4.35. The maximum atomic E-state index is 12.8. The molecule has 1 unspecified atom stereocenters. The van der Waals surface area contributed by atoms with E-state index in [0.29, 0.717) is 37.4 Å². The van der Waals surface area contributed by atoms with Crippen LogP contribution in [0, 0.1) is 5.41 Å². The van der Waals surface area contributed by atoms with E-state index in [1.807, 2.05) is 18.2 Å². The van der Waals surface area contributed by atoms with Crippen molar-refractivity contribution in [3.63, 3.8) is 0 Å². The standard InChI is InChI=1S/C20H26N2O5/c23-12-20(7-1-2-8-20)11-21-19(25)15-4-6-18(24)22(15)10-14-3-5-16-17(9-14)27-13-26-16/h3,5,9,15,23H,1-2,4,6-8,10-13H2,(H,21,25). The van der Waals surface area contributed by atoms with Gasteiger partial charge in [-0.3, -0.25) is 9.59 Å². The van der Waals surface area contributed by atoms with Gasteiger partial charge in [-0.2, -0.15) is 0 Å². The summed E-state index contributed by atoms with van der Waals surface area (Å²) in [6.45, 7) is 1.15. The second-order valence-corrected chi connectivity index (χ2v) is 7.85. The minimum atomic E-state index is -0.458. The maximum absolute atomic E-state index is 12.8. The number of fused-ring (bicyclic) bond motifs is 1. The van der Waals surface area contributed by atoms with Gasteiger partial charge in [-0.25, -0.2) is 0 Å². The van der Waals surface area contributed by atoms with E-state index in [4.69, 9.17) is 9.47 Å². The first-order chi connectivity index (χ1) is 13.1. The van der Waals surface area contributed by atoms with Crippen LogP contribution < -0.4 is 14.8 Å². The topological polar surface area (TPSA) is 88.1 Å². The summed E-state index contributed by atoms with van der Waals surface area (Å²) >= 11 is 0. The van der Waals surface area contributed by atoms with Gasteiger partial charge in [0.25, 0.3) is 0 Å². The summed E-state index contributed by atoms with van der Waals surface area (Å²) in [5.41, 5.74) is 0.718. The van der Waals surface area contributed by atoms with Gasteiger partial charge in [-0.05, 0) is 37.0 Å².